The summed E-state index contributed by atoms with van der Waals surface area (Å²) in [6.07, 6.45) is -0.690. The Hall–Kier alpha value is -1.17. The minimum atomic E-state index is -0.692. The van der Waals surface area contributed by atoms with Crippen LogP contribution in [0.2, 0.25) is 0 Å². The van der Waals surface area contributed by atoms with Crippen LogP contribution in [0.5, 0.6) is 0 Å². The van der Waals surface area contributed by atoms with Crippen LogP contribution in [0.1, 0.15) is 32.4 Å². The number of hydrogen-bond acceptors (Lipinski definition) is 4. The molecule has 21 heavy (non-hydrogen) atoms. The number of anilines is 1. The SMILES string of the molecule is C[C@H](O)c1cc(F)ccc1N1CCN(CC(C)(C)O)CC1. The highest BCUT2D eigenvalue weighted by atomic mass is 19.1. The summed E-state index contributed by atoms with van der Waals surface area (Å²) in [5.74, 6) is -0.324. The molecule has 0 unspecified atom stereocenters. The number of piperazine rings is 1. The first-order valence-corrected chi connectivity index (χ1v) is 7.43. The van der Waals surface area contributed by atoms with Crippen molar-refractivity contribution in [2.75, 3.05) is 37.6 Å². The number of halogens is 1. The van der Waals surface area contributed by atoms with E-state index in [1.807, 2.05) is 13.8 Å². The molecule has 0 bridgehead atoms. The first kappa shape index (κ1) is 16.2. The molecule has 1 heterocycles. The second-order valence-corrected chi connectivity index (χ2v) is 6.45. The molecule has 5 heteroatoms. The van der Waals surface area contributed by atoms with Crippen molar-refractivity contribution in [1.29, 1.82) is 0 Å². The van der Waals surface area contributed by atoms with Crippen molar-refractivity contribution >= 4 is 5.69 Å². The fourth-order valence-corrected chi connectivity index (χ4v) is 2.84. The van der Waals surface area contributed by atoms with Crippen LogP contribution in [-0.4, -0.2) is 53.4 Å². The normalized spacial score (nSPS) is 18.9. The number of rotatable bonds is 4. The first-order valence-electron chi connectivity index (χ1n) is 7.43. The zero-order valence-electron chi connectivity index (χ0n) is 13.0. The maximum absolute atomic E-state index is 13.4. The number of aliphatic hydroxyl groups is 2. The van der Waals surface area contributed by atoms with Gasteiger partial charge in [-0.3, -0.25) is 4.90 Å². The molecule has 0 amide bonds. The summed E-state index contributed by atoms with van der Waals surface area (Å²) in [7, 11) is 0. The van der Waals surface area contributed by atoms with Gasteiger partial charge in [-0.25, -0.2) is 4.39 Å². The van der Waals surface area contributed by atoms with Crippen molar-refractivity contribution in [1.82, 2.24) is 4.90 Å². The summed E-state index contributed by atoms with van der Waals surface area (Å²) < 4.78 is 13.4. The van der Waals surface area contributed by atoms with Crippen LogP contribution in [0.4, 0.5) is 10.1 Å². The third-order valence-corrected chi connectivity index (χ3v) is 3.76. The van der Waals surface area contributed by atoms with Gasteiger partial charge >= 0.3 is 0 Å². The lowest BCUT2D eigenvalue weighted by atomic mass is 10.1. The average molecular weight is 296 g/mol. The van der Waals surface area contributed by atoms with Gasteiger partial charge in [0, 0.05) is 44.0 Å². The van der Waals surface area contributed by atoms with Crippen molar-refractivity contribution in [2.24, 2.45) is 0 Å². The maximum Gasteiger partial charge on any atom is 0.123 e. The Morgan fingerprint density at radius 1 is 1.24 bits per heavy atom. The van der Waals surface area contributed by atoms with E-state index in [4.69, 9.17) is 0 Å². The van der Waals surface area contributed by atoms with E-state index in [1.165, 1.54) is 12.1 Å². The zero-order chi connectivity index (χ0) is 15.6. The summed E-state index contributed by atoms with van der Waals surface area (Å²) >= 11 is 0. The molecule has 0 aromatic heterocycles. The van der Waals surface area contributed by atoms with Gasteiger partial charge in [-0.1, -0.05) is 0 Å². The largest absolute Gasteiger partial charge is 0.389 e. The fourth-order valence-electron chi connectivity index (χ4n) is 2.84. The van der Waals surface area contributed by atoms with Gasteiger partial charge in [0.2, 0.25) is 0 Å². The Morgan fingerprint density at radius 2 is 1.86 bits per heavy atom. The Morgan fingerprint density at radius 3 is 2.38 bits per heavy atom. The lowest BCUT2D eigenvalue weighted by molar-refractivity contribution is 0.0345. The van der Waals surface area contributed by atoms with Crippen molar-refractivity contribution in [3.63, 3.8) is 0 Å². The van der Waals surface area contributed by atoms with Gasteiger partial charge in [0.05, 0.1) is 11.7 Å². The topological polar surface area (TPSA) is 46.9 Å². The van der Waals surface area contributed by atoms with Gasteiger partial charge in [-0.2, -0.15) is 0 Å². The summed E-state index contributed by atoms with van der Waals surface area (Å²) in [5.41, 5.74) is 0.836. The first-order chi connectivity index (χ1) is 9.76. The molecule has 1 aromatic carbocycles. The second kappa shape index (κ2) is 6.30. The Balaban J connectivity index is 2.06. The summed E-state index contributed by atoms with van der Waals surface area (Å²) in [6, 6.07) is 4.58. The van der Waals surface area contributed by atoms with Crippen molar-refractivity contribution in [3.8, 4) is 0 Å². The van der Waals surface area contributed by atoms with Gasteiger partial charge in [-0.05, 0) is 39.0 Å². The molecular weight excluding hydrogens is 271 g/mol. The molecule has 1 fully saturated rings. The van der Waals surface area contributed by atoms with Gasteiger partial charge in [0.15, 0.2) is 0 Å². The van der Waals surface area contributed by atoms with Gasteiger partial charge in [0.25, 0.3) is 0 Å². The Kier molecular flexibility index (Phi) is 4.86. The minimum Gasteiger partial charge on any atom is -0.389 e. The molecule has 118 valence electrons. The molecule has 2 rings (SSSR count). The maximum atomic E-state index is 13.4. The van der Waals surface area contributed by atoms with Crippen LogP contribution in [-0.2, 0) is 0 Å². The Labute approximate surface area is 125 Å². The van der Waals surface area contributed by atoms with Crippen molar-refractivity contribution in [3.05, 3.63) is 29.6 Å². The molecule has 1 aliphatic heterocycles. The van der Waals surface area contributed by atoms with Gasteiger partial charge < -0.3 is 15.1 Å². The quantitative estimate of drug-likeness (QED) is 0.889. The number of nitrogens with zero attached hydrogens (tertiary/aromatic N) is 2. The molecule has 1 aromatic rings. The molecule has 0 spiro atoms. The van der Waals surface area contributed by atoms with Crippen LogP contribution >= 0.6 is 0 Å². The molecule has 1 saturated heterocycles. The summed E-state index contributed by atoms with van der Waals surface area (Å²) in [5, 5.41) is 19.7. The lowest BCUT2D eigenvalue weighted by Gasteiger charge is -2.39. The highest BCUT2D eigenvalue weighted by Crippen LogP contribution is 2.28. The summed E-state index contributed by atoms with van der Waals surface area (Å²) in [4.78, 5) is 4.39. The van der Waals surface area contributed by atoms with E-state index in [0.29, 0.717) is 12.1 Å². The third-order valence-electron chi connectivity index (χ3n) is 3.76. The van der Waals surface area contributed by atoms with E-state index in [-0.39, 0.29) is 5.82 Å². The van der Waals surface area contributed by atoms with E-state index in [0.717, 1.165) is 31.9 Å². The standard InChI is InChI=1S/C16H25FN2O2/c1-12(20)14-10-13(17)4-5-15(14)19-8-6-18(7-9-19)11-16(2,3)21/h4-5,10,12,20-21H,6-9,11H2,1-3H3/t12-/m0/s1. The lowest BCUT2D eigenvalue weighted by Crippen LogP contribution is -2.50. The predicted octanol–water partition coefficient (Wildman–Crippen LogP) is 1.77. The number of benzene rings is 1. The number of aliphatic hydroxyl groups excluding tert-OH is 1. The van der Waals surface area contributed by atoms with Crippen LogP contribution in [0, 0.1) is 5.82 Å². The molecule has 0 aliphatic carbocycles. The van der Waals surface area contributed by atoms with Gasteiger partial charge in [-0.15, -0.1) is 0 Å². The smallest absolute Gasteiger partial charge is 0.123 e. The summed E-state index contributed by atoms with van der Waals surface area (Å²) in [6.45, 7) is 9.23. The van der Waals surface area contributed by atoms with E-state index in [1.54, 1.807) is 13.0 Å². The molecule has 0 saturated carbocycles. The zero-order valence-corrected chi connectivity index (χ0v) is 13.0. The van der Waals surface area contributed by atoms with E-state index < -0.39 is 11.7 Å². The van der Waals surface area contributed by atoms with E-state index >= 15 is 0 Å². The Bertz CT molecular complexity index is 478. The van der Waals surface area contributed by atoms with E-state index in [2.05, 4.69) is 9.80 Å². The second-order valence-electron chi connectivity index (χ2n) is 6.45. The minimum absolute atomic E-state index is 0.324. The van der Waals surface area contributed by atoms with Crippen molar-refractivity contribution in [2.45, 2.75) is 32.5 Å². The monoisotopic (exact) mass is 296 g/mol. The van der Waals surface area contributed by atoms with Crippen LogP contribution in [0.25, 0.3) is 0 Å². The molecule has 1 atom stereocenters. The van der Waals surface area contributed by atoms with Crippen LogP contribution < -0.4 is 4.90 Å². The molecule has 1 aliphatic rings. The van der Waals surface area contributed by atoms with Crippen LogP contribution in [0.15, 0.2) is 18.2 Å². The highest BCUT2D eigenvalue weighted by Gasteiger charge is 2.24. The molecule has 4 nitrogen and oxygen atoms in total. The molecule has 2 N–H and O–H groups in total. The highest BCUT2D eigenvalue weighted by molar-refractivity contribution is 5.55. The fraction of sp³-hybridized carbons (Fsp3) is 0.625. The average Bonchev–Trinajstić information content (AvgIpc) is 2.38. The van der Waals surface area contributed by atoms with Crippen molar-refractivity contribution < 1.29 is 14.6 Å². The van der Waals surface area contributed by atoms with E-state index in [9.17, 15) is 14.6 Å². The molecule has 0 radical (unpaired) electrons. The third kappa shape index (κ3) is 4.40. The van der Waals surface area contributed by atoms with Crippen LogP contribution in [0.3, 0.4) is 0 Å². The predicted molar refractivity (Wildman–Crippen MR) is 82.0 cm³/mol. The number of β-amino-alcohol motifs (C(OH)–C–C–N with tert-alkyl or cyclic N) is 1. The van der Waals surface area contributed by atoms with Gasteiger partial charge in [0.1, 0.15) is 5.82 Å². The molecular formula is C16H25FN2O2. The number of hydrogen-bond donors (Lipinski definition) is 2.